The Kier molecular flexibility index (Phi) is 5.92. The molecule has 0 radical (unpaired) electrons. The van der Waals surface area contributed by atoms with E-state index in [4.69, 9.17) is 4.42 Å². The third kappa shape index (κ3) is 4.52. The van der Waals surface area contributed by atoms with Gasteiger partial charge < -0.3 is 15.1 Å². The Morgan fingerprint density at radius 1 is 1.40 bits per heavy atom. The van der Waals surface area contributed by atoms with Crippen LogP contribution in [-0.2, 0) is 26.1 Å². The molecule has 25 heavy (non-hydrogen) atoms. The van der Waals surface area contributed by atoms with E-state index < -0.39 is 0 Å². The molecule has 0 atom stereocenters. The van der Waals surface area contributed by atoms with E-state index >= 15 is 0 Å². The zero-order chi connectivity index (χ0) is 17.5. The minimum Gasteiger partial charge on any atom is -0.467 e. The van der Waals surface area contributed by atoms with Crippen LogP contribution in [0, 0.1) is 0 Å². The molecule has 3 heterocycles. The molecule has 2 aromatic heterocycles. The Morgan fingerprint density at radius 2 is 2.32 bits per heavy atom. The number of furan rings is 1. The molecule has 8 nitrogen and oxygen atoms in total. The summed E-state index contributed by atoms with van der Waals surface area (Å²) in [6, 6.07) is 3.76. The summed E-state index contributed by atoms with van der Waals surface area (Å²) in [7, 11) is 0. The molecule has 2 aromatic rings. The number of aromatic nitrogens is 3. The van der Waals surface area contributed by atoms with Gasteiger partial charge in [0.05, 0.1) is 6.26 Å². The van der Waals surface area contributed by atoms with Crippen molar-refractivity contribution < 1.29 is 4.42 Å². The first-order valence-electron chi connectivity index (χ1n) is 8.99. The molecule has 0 fully saturated rings. The van der Waals surface area contributed by atoms with Crippen LogP contribution >= 0.6 is 0 Å². The second-order valence-electron chi connectivity index (χ2n) is 6.09. The fraction of sp³-hybridized carbons (Fsp3) is 0.588. The molecule has 0 saturated heterocycles. The van der Waals surface area contributed by atoms with Crippen molar-refractivity contribution in [3.63, 3.8) is 0 Å². The van der Waals surface area contributed by atoms with E-state index in [1.807, 2.05) is 23.6 Å². The molecule has 0 bridgehead atoms. The summed E-state index contributed by atoms with van der Waals surface area (Å²) in [5.74, 6) is 2.50. The van der Waals surface area contributed by atoms with Gasteiger partial charge in [0.25, 0.3) is 0 Å². The quantitative estimate of drug-likeness (QED) is 0.445. The van der Waals surface area contributed by atoms with Crippen LogP contribution in [0.3, 0.4) is 0 Å². The van der Waals surface area contributed by atoms with Gasteiger partial charge in [-0.25, -0.2) is 14.5 Å². The van der Waals surface area contributed by atoms with Crippen molar-refractivity contribution in [1.82, 2.24) is 25.0 Å². The lowest BCUT2D eigenvalue weighted by molar-refractivity contribution is 0.508. The van der Waals surface area contributed by atoms with Crippen LogP contribution in [0.15, 0.2) is 32.6 Å². The van der Waals surface area contributed by atoms with Crippen LogP contribution in [0.4, 0.5) is 0 Å². The summed E-state index contributed by atoms with van der Waals surface area (Å²) in [5.41, 5.74) is 0.0214. The van der Waals surface area contributed by atoms with E-state index in [9.17, 15) is 4.79 Å². The largest absolute Gasteiger partial charge is 0.467 e. The predicted octanol–water partition coefficient (Wildman–Crippen LogP) is 1.12. The van der Waals surface area contributed by atoms with Gasteiger partial charge in [-0.1, -0.05) is 0 Å². The Morgan fingerprint density at radius 3 is 3.08 bits per heavy atom. The molecule has 0 unspecified atom stereocenters. The predicted molar refractivity (Wildman–Crippen MR) is 95.6 cm³/mol. The lowest BCUT2D eigenvalue weighted by Gasteiger charge is -2.10. The summed E-state index contributed by atoms with van der Waals surface area (Å²) in [6.07, 6.45) is 5.55. The van der Waals surface area contributed by atoms with Gasteiger partial charge in [0, 0.05) is 32.6 Å². The van der Waals surface area contributed by atoms with Crippen molar-refractivity contribution >= 4 is 5.96 Å². The van der Waals surface area contributed by atoms with Crippen molar-refractivity contribution in [3.05, 3.63) is 40.5 Å². The van der Waals surface area contributed by atoms with Gasteiger partial charge in [-0.15, -0.1) is 0 Å². The number of nitrogens with zero attached hydrogens (tertiary/aromatic N) is 4. The van der Waals surface area contributed by atoms with Crippen molar-refractivity contribution in [2.45, 2.75) is 52.2 Å². The third-order valence-corrected chi connectivity index (χ3v) is 4.19. The van der Waals surface area contributed by atoms with Crippen LogP contribution < -0.4 is 16.3 Å². The van der Waals surface area contributed by atoms with Gasteiger partial charge in [0.1, 0.15) is 18.1 Å². The highest BCUT2D eigenvalue weighted by atomic mass is 16.3. The van der Waals surface area contributed by atoms with Gasteiger partial charge in [0.15, 0.2) is 5.96 Å². The molecule has 0 spiro atoms. The standard InChI is InChI=1S/C17H26N6O2/c1-2-18-16(20-13-14-7-5-12-25-14)19-9-6-11-23-17(24)22-10-4-3-8-15(22)21-23/h5,7,12H,2-4,6,8-11,13H2,1H3,(H2,18,19,20). The number of guanidine groups is 1. The molecular formula is C17H26N6O2. The lowest BCUT2D eigenvalue weighted by Crippen LogP contribution is -2.38. The van der Waals surface area contributed by atoms with Gasteiger partial charge in [-0.2, -0.15) is 5.10 Å². The van der Waals surface area contributed by atoms with Gasteiger partial charge >= 0.3 is 5.69 Å². The van der Waals surface area contributed by atoms with Gasteiger partial charge in [0.2, 0.25) is 0 Å². The zero-order valence-electron chi connectivity index (χ0n) is 14.7. The zero-order valence-corrected chi connectivity index (χ0v) is 14.7. The Labute approximate surface area is 146 Å². The van der Waals surface area contributed by atoms with Crippen LogP contribution in [-0.4, -0.2) is 33.4 Å². The molecule has 0 saturated carbocycles. The molecule has 3 rings (SSSR count). The molecule has 0 aliphatic carbocycles. The summed E-state index contributed by atoms with van der Waals surface area (Å²) < 4.78 is 8.69. The number of rotatable bonds is 7. The van der Waals surface area contributed by atoms with Crippen molar-refractivity contribution in [2.75, 3.05) is 13.1 Å². The number of hydrogen-bond acceptors (Lipinski definition) is 4. The van der Waals surface area contributed by atoms with Crippen molar-refractivity contribution in [2.24, 2.45) is 4.99 Å². The lowest BCUT2D eigenvalue weighted by atomic mass is 10.2. The molecule has 1 aliphatic rings. The third-order valence-electron chi connectivity index (χ3n) is 4.19. The molecule has 8 heteroatoms. The van der Waals surface area contributed by atoms with E-state index in [-0.39, 0.29) is 5.69 Å². The fourth-order valence-electron chi connectivity index (χ4n) is 2.93. The average molecular weight is 346 g/mol. The van der Waals surface area contributed by atoms with Gasteiger partial charge in [-0.05, 0) is 38.3 Å². The fourth-order valence-corrected chi connectivity index (χ4v) is 2.93. The van der Waals surface area contributed by atoms with E-state index in [1.54, 1.807) is 10.9 Å². The Hall–Kier alpha value is -2.51. The summed E-state index contributed by atoms with van der Waals surface area (Å²) in [4.78, 5) is 16.8. The molecule has 1 aliphatic heterocycles. The number of nitrogens with one attached hydrogen (secondary N) is 2. The van der Waals surface area contributed by atoms with E-state index in [0.717, 1.165) is 62.9 Å². The van der Waals surface area contributed by atoms with E-state index in [0.29, 0.717) is 13.1 Å². The van der Waals surface area contributed by atoms with Crippen molar-refractivity contribution in [3.8, 4) is 0 Å². The first kappa shape index (κ1) is 17.3. The molecular weight excluding hydrogens is 320 g/mol. The highest BCUT2D eigenvalue weighted by molar-refractivity contribution is 5.79. The Bertz CT molecular complexity index is 744. The van der Waals surface area contributed by atoms with E-state index in [2.05, 4.69) is 20.7 Å². The van der Waals surface area contributed by atoms with Gasteiger partial charge in [-0.3, -0.25) is 4.57 Å². The number of aliphatic imine (C=N–C) groups is 1. The van der Waals surface area contributed by atoms with Crippen molar-refractivity contribution in [1.29, 1.82) is 0 Å². The maximum absolute atomic E-state index is 12.3. The maximum Gasteiger partial charge on any atom is 0.345 e. The maximum atomic E-state index is 12.3. The second kappa shape index (κ2) is 8.55. The number of hydrogen-bond donors (Lipinski definition) is 2. The Balaban J connectivity index is 1.48. The van der Waals surface area contributed by atoms with Crippen LogP contribution in [0.25, 0.3) is 0 Å². The first-order chi connectivity index (χ1) is 12.3. The molecule has 2 N–H and O–H groups in total. The average Bonchev–Trinajstić information content (AvgIpc) is 3.25. The SMILES string of the molecule is CCNC(=NCc1ccco1)NCCCn1nc2n(c1=O)CCCC2. The summed E-state index contributed by atoms with van der Waals surface area (Å²) >= 11 is 0. The summed E-state index contributed by atoms with van der Waals surface area (Å²) in [5, 5.41) is 10.9. The molecule has 136 valence electrons. The highest BCUT2D eigenvalue weighted by Gasteiger charge is 2.16. The normalized spacial score (nSPS) is 14.4. The van der Waals surface area contributed by atoms with Crippen LogP contribution in [0.5, 0.6) is 0 Å². The minimum atomic E-state index is 0.0214. The number of fused-ring (bicyclic) bond motifs is 1. The topological polar surface area (TPSA) is 89.4 Å². The highest BCUT2D eigenvalue weighted by Crippen LogP contribution is 2.09. The minimum absolute atomic E-state index is 0.0214. The number of aryl methyl sites for hydroxylation is 2. The second-order valence-corrected chi connectivity index (χ2v) is 6.09. The molecule has 0 amide bonds. The summed E-state index contributed by atoms with van der Waals surface area (Å²) in [6.45, 7) is 5.45. The van der Waals surface area contributed by atoms with E-state index in [1.165, 1.54) is 0 Å². The monoisotopic (exact) mass is 346 g/mol. The van der Waals surface area contributed by atoms with Crippen LogP contribution in [0.2, 0.25) is 0 Å². The smallest absolute Gasteiger partial charge is 0.345 e. The first-order valence-corrected chi connectivity index (χ1v) is 8.99. The molecule has 0 aromatic carbocycles. The van der Waals surface area contributed by atoms with Crippen LogP contribution in [0.1, 0.15) is 37.8 Å².